The van der Waals surface area contributed by atoms with Crippen LogP contribution in [0.4, 0.5) is 0 Å². The minimum absolute atomic E-state index is 0.00442. The van der Waals surface area contributed by atoms with Crippen molar-refractivity contribution in [2.45, 2.75) is 25.3 Å². The predicted octanol–water partition coefficient (Wildman–Crippen LogP) is 1.08. The molecule has 1 aromatic rings. The Morgan fingerprint density at radius 2 is 2.21 bits per heavy atom. The highest BCUT2D eigenvalue weighted by molar-refractivity contribution is 7.10. The molecule has 1 aromatic heterocycles. The molecular formula is C14H17NO3S. The van der Waals surface area contributed by atoms with Crippen LogP contribution in [0.15, 0.2) is 11.4 Å². The molecule has 1 heterocycles. The summed E-state index contributed by atoms with van der Waals surface area (Å²) < 4.78 is 0. The highest BCUT2D eigenvalue weighted by atomic mass is 32.1. The summed E-state index contributed by atoms with van der Waals surface area (Å²) >= 11 is 1.43. The van der Waals surface area contributed by atoms with Crippen molar-refractivity contribution in [2.75, 3.05) is 19.8 Å². The molecule has 19 heavy (non-hydrogen) atoms. The third kappa shape index (κ3) is 3.80. The van der Waals surface area contributed by atoms with E-state index in [0.29, 0.717) is 24.6 Å². The van der Waals surface area contributed by atoms with Gasteiger partial charge in [-0.25, -0.2) is 0 Å². The number of thiophene rings is 1. The molecule has 0 aliphatic heterocycles. The molecule has 1 fully saturated rings. The third-order valence-corrected chi connectivity index (χ3v) is 3.73. The van der Waals surface area contributed by atoms with Crippen LogP contribution in [0, 0.1) is 11.8 Å². The zero-order chi connectivity index (χ0) is 13.7. The minimum atomic E-state index is -0.0250. The molecule has 1 aliphatic carbocycles. The van der Waals surface area contributed by atoms with E-state index in [4.69, 9.17) is 10.2 Å². The Hall–Kier alpha value is -1.35. The fourth-order valence-electron chi connectivity index (χ4n) is 1.83. The Labute approximate surface area is 116 Å². The molecule has 4 nitrogen and oxygen atoms in total. The summed E-state index contributed by atoms with van der Waals surface area (Å²) in [5.41, 5.74) is 0.638. The number of carbonyl (C=O) groups excluding carboxylic acids is 1. The number of rotatable bonds is 5. The maximum absolute atomic E-state index is 12.3. The van der Waals surface area contributed by atoms with Crippen LogP contribution in [-0.2, 0) is 0 Å². The second kappa shape index (κ2) is 6.71. The van der Waals surface area contributed by atoms with Gasteiger partial charge in [0.2, 0.25) is 0 Å². The van der Waals surface area contributed by atoms with Crippen LogP contribution in [0.3, 0.4) is 0 Å². The monoisotopic (exact) mass is 279 g/mol. The molecule has 0 bridgehead atoms. The summed E-state index contributed by atoms with van der Waals surface area (Å²) in [6.07, 6.45) is 2.50. The third-order valence-electron chi connectivity index (χ3n) is 2.88. The van der Waals surface area contributed by atoms with E-state index < -0.39 is 0 Å². The first kappa shape index (κ1) is 14.1. The van der Waals surface area contributed by atoms with Crippen LogP contribution in [0.1, 0.15) is 34.5 Å². The number of nitrogens with zero attached hydrogens (tertiary/aromatic N) is 1. The second-order valence-electron chi connectivity index (χ2n) is 4.43. The van der Waals surface area contributed by atoms with Gasteiger partial charge in [-0.1, -0.05) is 11.8 Å². The van der Waals surface area contributed by atoms with Gasteiger partial charge in [0.05, 0.1) is 23.7 Å². The van der Waals surface area contributed by atoms with E-state index in [1.54, 1.807) is 16.3 Å². The van der Waals surface area contributed by atoms with Crippen LogP contribution >= 0.6 is 11.3 Å². The smallest absolute Gasteiger partial charge is 0.255 e. The summed E-state index contributed by atoms with van der Waals surface area (Å²) in [5, 5.41) is 19.5. The molecule has 0 aromatic carbocycles. The van der Waals surface area contributed by atoms with Gasteiger partial charge in [-0.3, -0.25) is 4.79 Å². The Morgan fingerprint density at radius 1 is 1.42 bits per heavy atom. The van der Waals surface area contributed by atoms with Gasteiger partial charge in [0, 0.05) is 24.4 Å². The average molecular weight is 279 g/mol. The van der Waals surface area contributed by atoms with Crippen molar-refractivity contribution >= 4 is 17.2 Å². The van der Waals surface area contributed by atoms with Gasteiger partial charge in [0.15, 0.2) is 0 Å². The molecular weight excluding hydrogens is 262 g/mol. The van der Waals surface area contributed by atoms with Crippen molar-refractivity contribution in [3.63, 3.8) is 0 Å². The zero-order valence-electron chi connectivity index (χ0n) is 10.6. The molecule has 5 heteroatoms. The standard InChI is InChI=1S/C14H17NO3S/c16-7-2-1-3-13-9-11(10-19-13)14(18)15(6-8-17)12-4-5-12/h9-10,12,16-17H,2,4-8H2. The number of carbonyl (C=O) groups is 1. The molecule has 2 rings (SSSR count). The van der Waals surface area contributed by atoms with E-state index in [1.165, 1.54) is 11.3 Å². The lowest BCUT2D eigenvalue weighted by Crippen LogP contribution is -2.35. The SMILES string of the molecule is O=C(c1csc(C#CCCO)c1)N(CCO)C1CC1. The quantitative estimate of drug-likeness (QED) is 0.793. The van der Waals surface area contributed by atoms with E-state index in [-0.39, 0.29) is 19.1 Å². The Kier molecular flexibility index (Phi) is 4.97. The largest absolute Gasteiger partial charge is 0.395 e. The number of amides is 1. The lowest BCUT2D eigenvalue weighted by Gasteiger charge is -2.20. The summed E-state index contributed by atoms with van der Waals surface area (Å²) in [7, 11) is 0. The number of hydrogen-bond acceptors (Lipinski definition) is 4. The van der Waals surface area contributed by atoms with Crippen molar-refractivity contribution in [1.29, 1.82) is 0 Å². The first-order valence-corrected chi connectivity index (χ1v) is 7.24. The zero-order valence-corrected chi connectivity index (χ0v) is 11.4. The molecule has 0 radical (unpaired) electrons. The summed E-state index contributed by atoms with van der Waals surface area (Å²) in [6.45, 7) is 0.441. The highest BCUT2D eigenvalue weighted by Gasteiger charge is 2.32. The molecule has 1 aliphatic rings. The van der Waals surface area contributed by atoms with Crippen LogP contribution in [0.5, 0.6) is 0 Å². The second-order valence-corrected chi connectivity index (χ2v) is 5.34. The Bertz CT molecular complexity index is 496. The molecule has 0 atom stereocenters. The molecule has 102 valence electrons. The van der Waals surface area contributed by atoms with Gasteiger partial charge in [-0.05, 0) is 18.9 Å². The Balaban J connectivity index is 2.04. The van der Waals surface area contributed by atoms with Gasteiger partial charge in [-0.2, -0.15) is 0 Å². The molecule has 0 saturated heterocycles. The Morgan fingerprint density at radius 3 is 2.84 bits per heavy atom. The van der Waals surface area contributed by atoms with Gasteiger partial charge in [0.1, 0.15) is 0 Å². The topological polar surface area (TPSA) is 60.8 Å². The predicted molar refractivity (Wildman–Crippen MR) is 74.0 cm³/mol. The van der Waals surface area contributed by atoms with Crippen molar-refractivity contribution in [3.8, 4) is 11.8 Å². The van der Waals surface area contributed by atoms with Crippen molar-refractivity contribution in [1.82, 2.24) is 4.90 Å². The van der Waals surface area contributed by atoms with Crippen molar-refractivity contribution in [3.05, 3.63) is 21.9 Å². The number of aliphatic hydroxyl groups excluding tert-OH is 2. The van der Waals surface area contributed by atoms with Gasteiger partial charge < -0.3 is 15.1 Å². The van der Waals surface area contributed by atoms with E-state index >= 15 is 0 Å². The number of aliphatic hydroxyl groups is 2. The summed E-state index contributed by atoms with van der Waals surface area (Å²) in [5.74, 6) is 5.74. The van der Waals surface area contributed by atoms with Gasteiger partial charge in [0.25, 0.3) is 5.91 Å². The van der Waals surface area contributed by atoms with Gasteiger partial charge >= 0.3 is 0 Å². The molecule has 1 saturated carbocycles. The molecule has 1 amide bonds. The van der Waals surface area contributed by atoms with Crippen molar-refractivity contribution in [2.24, 2.45) is 0 Å². The molecule has 0 unspecified atom stereocenters. The highest BCUT2D eigenvalue weighted by Crippen LogP contribution is 2.28. The fourth-order valence-corrected chi connectivity index (χ4v) is 2.58. The van der Waals surface area contributed by atoms with Crippen LogP contribution < -0.4 is 0 Å². The van der Waals surface area contributed by atoms with Gasteiger partial charge in [-0.15, -0.1) is 11.3 Å². The van der Waals surface area contributed by atoms with Crippen LogP contribution in [0.25, 0.3) is 0 Å². The van der Waals surface area contributed by atoms with Crippen molar-refractivity contribution < 1.29 is 15.0 Å². The minimum Gasteiger partial charge on any atom is -0.395 e. The van der Waals surface area contributed by atoms with Crippen LogP contribution in [-0.4, -0.2) is 46.8 Å². The van der Waals surface area contributed by atoms with E-state index in [0.717, 1.165) is 17.7 Å². The maximum Gasteiger partial charge on any atom is 0.255 e. The maximum atomic E-state index is 12.3. The van der Waals surface area contributed by atoms with Crippen LogP contribution in [0.2, 0.25) is 0 Å². The number of hydrogen-bond donors (Lipinski definition) is 2. The molecule has 2 N–H and O–H groups in total. The first-order chi connectivity index (χ1) is 9.26. The molecule has 0 spiro atoms. The average Bonchev–Trinajstić information content (AvgIpc) is 3.14. The van der Waals surface area contributed by atoms with E-state index in [1.807, 2.05) is 0 Å². The lowest BCUT2D eigenvalue weighted by molar-refractivity contribution is 0.0708. The lowest BCUT2D eigenvalue weighted by atomic mass is 10.2. The first-order valence-electron chi connectivity index (χ1n) is 6.36. The normalized spacial score (nSPS) is 13.8. The summed E-state index contributed by atoms with van der Waals surface area (Å²) in [6, 6.07) is 2.08. The fraction of sp³-hybridized carbons (Fsp3) is 0.500. The van der Waals surface area contributed by atoms with E-state index in [9.17, 15) is 4.79 Å². The van der Waals surface area contributed by atoms with E-state index in [2.05, 4.69) is 11.8 Å². The summed E-state index contributed by atoms with van der Waals surface area (Å²) in [4.78, 5) is 14.9.